The van der Waals surface area contributed by atoms with Gasteiger partial charge in [-0.15, -0.1) is 10.2 Å². The van der Waals surface area contributed by atoms with Crippen LogP contribution in [-0.2, 0) is 11.0 Å². The molecule has 29 heavy (non-hydrogen) atoms. The highest BCUT2D eigenvalue weighted by Crippen LogP contribution is 2.34. The van der Waals surface area contributed by atoms with E-state index in [9.17, 15) is 18.0 Å². The molecule has 6 nitrogen and oxygen atoms in total. The van der Waals surface area contributed by atoms with Crippen LogP contribution in [0.1, 0.15) is 11.1 Å². The van der Waals surface area contributed by atoms with Gasteiger partial charge >= 0.3 is 6.18 Å². The van der Waals surface area contributed by atoms with Crippen molar-refractivity contribution in [3.05, 3.63) is 53.6 Å². The van der Waals surface area contributed by atoms with Crippen LogP contribution < -0.4 is 5.32 Å². The van der Waals surface area contributed by atoms with Crippen molar-refractivity contribution < 1.29 is 18.0 Å². The highest BCUT2D eigenvalue weighted by molar-refractivity contribution is 7.99. The van der Waals surface area contributed by atoms with Gasteiger partial charge in [0.2, 0.25) is 11.1 Å². The number of amides is 1. The molecule has 0 aliphatic rings. The second kappa shape index (κ2) is 7.36. The average Bonchev–Trinajstić information content (AvgIpc) is 3.03. The van der Waals surface area contributed by atoms with Gasteiger partial charge in [-0.25, -0.2) is 4.98 Å². The highest BCUT2D eigenvalue weighted by Gasteiger charge is 2.33. The Bertz CT molecular complexity index is 1220. The first-order valence-corrected chi connectivity index (χ1v) is 9.51. The number of para-hydroxylation sites is 1. The molecule has 1 amide bonds. The van der Waals surface area contributed by atoms with Crippen LogP contribution in [-0.4, -0.2) is 31.8 Å². The Morgan fingerprint density at radius 3 is 2.76 bits per heavy atom. The van der Waals surface area contributed by atoms with Crippen molar-refractivity contribution in [1.29, 1.82) is 0 Å². The molecule has 0 atom stereocenters. The number of rotatable bonds is 4. The molecule has 0 saturated carbocycles. The minimum atomic E-state index is -4.55. The number of aryl methyl sites for hydroxylation is 1. The van der Waals surface area contributed by atoms with Crippen molar-refractivity contribution in [3.8, 4) is 0 Å². The Hall–Kier alpha value is -3.14. The minimum absolute atomic E-state index is 0.154. The number of anilines is 1. The zero-order valence-electron chi connectivity index (χ0n) is 15.0. The molecule has 0 saturated heterocycles. The fourth-order valence-corrected chi connectivity index (χ4v) is 3.47. The second-order valence-electron chi connectivity index (χ2n) is 6.35. The van der Waals surface area contributed by atoms with E-state index in [-0.39, 0.29) is 16.6 Å². The van der Waals surface area contributed by atoms with E-state index in [0.29, 0.717) is 11.2 Å². The Balaban J connectivity index is 1.48. The molecule has 0 bridgehead atoms. The molecule has 0 spiro atoms. The largest absolute Gasteiger partial charge is 0.418 e. The van der Waals surface area contributed by atoms with E-state index in [2.05, 4.69) is 25.5 Å². The molecule has 0 unspecified atom stereocenters. The summed E-state index contributed by atoms with van der Waals surface area (Å²) in [6.45, 7) is 1.97. The number of aromatic nitrogens is 4. The average molecular weight is 417 g/mol. The van der Waals surface area contributed by atoms with E-state index in [1.54, 1.807) is 0 Å². The summed E-state index contributed by atoms with van der Waals surface area (Å²) in [6.07, 6.45) is -4.55. The van der Waals surface area contributed by atoms with Gasteiger partial charge in [-0.05, 0) is 31.2 Å². The van der Waals surface area contributed by atoms with Crippen molar-refractivity contribution in [1.82, 2.24) is 20.2 Å². The maximum absolute atomic E-state index is 13.0. The fourth-order valence-electron chi connectivity index (χ4n) is 2.89. The van der Waals surface area contributed by atoms with Crippen molar-refractivity contribution in [2.75, 3.05) is 11.1 Å². The summed E-state index contributed by atoms with van der Waals surface area (Å²) in [5, 5.41) is 11.6. The van der Waals surface area contributed by atoms with Crippen molar-refractivity contribution >= 4 is 45.4 Å². The van der Waals surface area contributed by atoms with E-state index in [1.165, 1.54) is 18.2 Å². The lowest BCUT2D eigenvalue weighted by Gasteiger charge is -2.13. The van der Waals surface area contributed by atoms with Crippen LogP contribution in [0.5, 0.6) is 0 Å². The van der Waals surface area contributed by atoms with E-state index in [1.807, 2.05) is 25.1 Å². The van der Waals surface area contributed by atoms with Gasteiger partial charge in [0, 0.05) is 10.9 Å². The third-order valence-electron chi connectivity index (χ3n) is 4.19. The number of nitrogens with one attached hydrogen (secondary N) is 2. The van der Waals surface area contributed by atoms with Gasteiger partial charge in [0.25, 0.3) is 0 Å². The Labute approximate surface area is 166 Å². The zero-order valence-corrected chi connectivity index (χ0v) is 15.9. The van der Waals surface area contributed by atoms with Gasteiger partial charge in [0.1, 0.15) is 5.52 Å². The first-order valence-electron chi connectivity index (χ1n) is 8.53. The number of hydrogen-bond acceptors (Lipinski definition) is 5. The van der Waals surface area contributed by atoms with Crippen LogP contribution in [0.2, 0.25) is 0 Å². The molecular formula is C19H14F3N5OS. The Morgan fingerprint density at radius 2 is 1.97 bits per heavy atom. The van der Waals surface area contributed by atoms with Gasteiger partial charge < -0.3 is 10.3 Å². The van der Waals surface area contributed by atoms with Crippen molar-refractivity contribution in [2.45, 2.75) is 18.3 Å². The number of nitrogens with zero attached hydrogens (tertiary/aromatic N) is 3. The summed E-state index contributed by atoms with van der Waals surface area (Å²) in [6, 6.07) is 10.7. The van der Waals surface area contributed by atoms with Crippen LogP contribution >= 0.6 is 11.8 Å². The third-order valence-corrected chi connectivity index (χ3v) is 5.03. The third kappa shape index (κ3) is 4.02. The monoisotopic (exact) mass is 417 g/mol. The normalized spacial score (nSPS) is 11.9. The summed E-state index contributed by atoms with van der Waals surface area (Å²) in [4.78, 5) is 19.6. The van der Waals surface area contributed by atoms with Crippen LogP contribution in [0, 0.1) is 6.92 Å². The molecule has 2 aromatic heterocycles. The molecule has 0 radical (unpaired) electrons. The van der Waals surface area contributed by atoms with Gasteiger partial charge in [-0.1, -0.05) is 35.5 Å². The van der Waals surface area contributed by atoms with E-state index >= 15 is 0 Å². The standard InChI is InChI=1S/C19H14F3N5OS/c1-10-6-7-13-11(8-10)16-17(24-13)25-18(27-26-16)29-9-15(28)23-14-5-3-2-4-12(14)19(20,21)22/h2-8H,9H2,1H3,(H,23,28)(H,24,25,27). The number of H-pyrrole nitrogens is 1. The predicted octanol–water partition coefficient (Wildman–Crippen LogP) is 4.56. The fraction of sp³-hybridized carbons (Fsp3) is 0.158. The van der Waals surface area contributed by atoms with Gasteiger partial charge in [0.05, 0.1) is 17.0 Å². The maximum Gasteiger partial charge on any atom is 0.418 e. The summed E-state index contributed by atoms with van der Waals surface area (Å²) in [5.41, 5.74) is 1.92. The van der Waals surface area contributed by atoms with Crippen LogP contribution in [0.15, 0.2) is 47.6 Å². The molecule has 2 aromatic carbocycles. The number of thioether (sulfide) groups is 1. The van der Waals surface area contributed by atoms with E-state index in [4.69, 9.17) is 0 Å². The maximum atomic E-state index is 13.0. The number of fused-ring (bicyclic) bond motifs is 3. The first-order chi connectivity index (χ1) is 13.8. The minimum Gasteiger partial charge on any atom is -0.338 e. The van der Waals surface area contributed by atoms with Gasteiger partial charge in [0.15, 0.2) is 5.65 Å². The number of aromatic amines is 1. The highest BCUT2D eigenvalue weighted by atomic mass is 32.2. The lowest BCUT2D eigenvalue weighted by Crippen LogP contribution is -2.18. The summed E-state index contributed by atoms with van der Waals surface area (Å²) in [5.74, 6) is -0.749. The first kappa shape index (κ1) is 19.2. The zero-order chi connectivity index (χ0) is 20.6. The topological polar surface area (TPSA) is 83.6 Å². The smallest absolute Gasteiger partial charge is 0.338 e. The number of hydrogen-bond donors (Lipinski definition) is 2. The van der Waals surface area contributed by atoms with Gasteiger partial charge in [-0.3, -0.25) is 4.79 Å². The van der Waals surface area contributed by atoms with E-state index < -0.39 is 17.6 Å². The lowest BCUT2D eigenvalue weighted by atomic mass is 10.1. The molecular weight excluding hydrogens is 403 g/mol. The number of benzene rings is 2. The SMILES string of the molecule is Cc1ccc2[nH]c3nc(SCC(=O)Nc4ccccc4C(F)(F)F)nnc3c2c1. The Kier molecular flexibility index (Phi) is 4.87. The number of carbonyl (C=O) groups is 1. The van der Waals surface area contributed by atoms with Crippen molar-refractivity contribution in [2.24, 2.45) is 0 Å². The quantitative estimate of drug-likeness (QED) is 0.476. The summed E-state index contributed by atoms with van der Waals surface area (Å²) < 4.78 is 39.1. The molecule has 4 rings (SSSR count). The van der Waals surface area contributed by atoms with E-state index in [0.717, 1.165) is 34.3 Å². The van der Waals surface area contributed by atoms with Gasteiger partial charge in [-0.2, -0.15) is 13.2 Å². The molecule has 4 aromatic rings. The van der Waals surface area contributed by atoms with Crippen LogP contribution in [0.4, 0.5) is 18.9 Å². The number of carbonyl (C=O) groups excluding carboxylic acids is 1. The lowest BCUT2D eigenvalue weighted by molar-refractivity contribution is -0.137. The van der Waals surface area contributed by atoms with Crippen molar-refractivity contribution in [3.63, 3.8) is 0 Å². The molecule has 2 heterocycles. The summed E-state index contributed by atoms with van der Waals surface area (Å²) in [7, 11) is 0. The molecule has 10 heteroatoms. The number of halogens is 3. The number of alkyl halides is 3. The molecule has 148 valence electrons. The molecule has 0 aliphatic carbocycles. The molecule has 2 N–H and O–H groups in total. The van der Waals surface area contributed by atoms with Crippen LogP contribution in [0.25, 0.3) is 22.1 Å². The molecule has 0 aliphatic heterocycles. The Morgan fingerprint density at radius 1 is 1.17 bits per heavy atom. The predicted molar refractivity (Wildman–Crippen MR) is 105 cm³/mol. The second-order valence-corrected chi connectivity index (χ2v) is 7.29. The molecule has 0 fully saturated rings. The summed E-state index contributed by atoms with van der Waals surface area (Å²) >= 11 is 0.991. The van der Waals surface area contributed by atoms with Crippen LogP contribution in [0.3, 0.4) is 0 Å².